The average Bonchev–Trinajstić information content (AvgIpc) is 2.72. The van der Waals surface area contributed by atoms with Crippen LogP contribution in [0.5, 0.6) is 0 Å². The van der Waals surface area contributed by atoms with E-state index in [2.05, 4.69) is 15.3 Å². The van der Waals surface area contributed by atoms with Gasteiger partial charge in [0.2, 0.25) is 0 Å². The topological polar surface area (TPSA) is 75.1 Å². The number of anilines is 1. The maximum atomic E-state index is 10.7. The Bertz CT molecular complexity index is 539. The van der Waals surface area contributed by atoms with Crippen molar-refractivity contribution < 1.29 is 9.90 Å². The minimum Gasteiger partial charge on any atom is -0.477 e. The molecule has 0 unspecified atom stereocenters. The number of nitrogens with one attached hydrogen (secondary N) is 1. The van der Waals surface area contributed by atoms with Gasteiger partial charge in [0.25, 0.3) is 0 Å². The van der Waals surface area contributed by atoms with Crippen molar-refractivity contribution in [3.63, 3.8) is 0 Å². The van der Waals surface area contributed by atoms with Crippen LogP contribution in [0.3, 0.4) is 0 Å². The highest BCUT2D eigenvalue weighted by Gasteiger charge is 2.05. The number of carboxylic acid groups (broad SMARTS) is 1. The minimum atomic E-state index is -1.03. The highest BCUT2D eigenvalue weighted by Crippen LogP contribution is 2.15. The number of carbonyl (C=O) groups is 1. The van der Waals surface area contributed by atoms with E-state index in [0.29, 0.717) is 6.54 Å². The average molecular weight is 249 g/mol. The number of aromatic nitrogens is 2. The maximum absolute atomic E-state index is 10.7. The first kappa shape index (κ1) is 11.5. The van der Waals surface area contributed by atoms with Gasteiger partial charge in [-0.3, -0.25) is 0 Å². The van der Waals surface area contributed by atoms with Gasteiger partial charge in [-0.1, -0.05) is 0 Å². The van der Waals surface area contributed by atoms with Crippen molar-refractivity contribution in [2.24, 2.45) is 0 Å². The van der Waals surface area contributed by atoms with Crippen LogP contribution in [-0.2, 0) is 6.54 Å². The van der Waals surface area contributed by atoms with Gasteiger partial charge in [-0.2, -0.15) is 0 Å². The van der Waals surface area contributed by atoms with Gasteiger partial charge in [-0.25, -0.2) is 14.8 Å². The summed E-state index contributed by atoms with van der Waals surface area (Å²) in [5.74, 6) is -1.03. The Labute approximate surface area is 102 Å². The molecule has 2 N–H and O–H groups in total. The van der Waals surface area contributed by atoms with Crippen molar-refractivity contribution in [3.8, 4) is 0 Å². The monoisotopic (exact) mass is 249 g/mol. The van der Waals surface area contributed by atoms with Crippen LogP contribution in [0.25, 0.3) is 0 Å². The fraction of sp³-hybridized carbons (Fsp3) is 0.182. The molecule has 0 saturated heterocycles. The van der Waals surface area contributed by atoms with Gasteiger partial charge in [0, 0.05) is 16.8 Å². The molecule has 0 aromatic carbocycles. The second kappa shape index (κ2) is 4.92. The van der Waals surface area contributed by atoms with E-state index in [1.54, 1.807) is 22.9 Å². The molecule has 6 heteroatoms. The van der Waals surface area contributed by atoms with Crippen LogP contribution in [0.2, 0.25) is 0 Å². The largest absolute Gasteiger partial charge is 0.477 e. The summed E-state index contributed by atoms with van der Waals surface area (Å²) in [5, 5.41) is 12.0. The standard InChI is InChI=1S/C11H11N3O2S/c1-7-10(17-6-14-7)5-13-8-2-3-12-9(4-8)11(15)16/h2-4,6H,5H2,1H3,(H,12,13)(H,15,16). The van der Waals surface area contributed by atoms with Crippen LogP contribution in [0, 0.1) is 6.92 Å². The molecule has 2 rings (SSSR count). The first-order valence-corrected chi connectivity index (χ1v) is 5.87. The smallest absolute Gasteiger partial charge is 0.354 e. The van der Waals surface area contributed by atoms with Crippen molar-refractivity contribution >= 4 is 23.0 Å². The van der Waals surface area contributed by atoms with Gasteiger partial charge < -0.3 is 10.4 Å². The first-order valence-electron chi connectivity index (χ1n) is 4.99. The molecule has 0 aliphatic carbocycles. The zero-order chi connectivity index (χ0) is 12.3. The fourth-order valence-corrected chi connectivity index (χ4v) is 2.05. The fourth-order valence-electron chi connectivity index (χ4n) is 1.34. The first-order chi connectivity index (χ1) is 8.16. The summed E-state index contributed by atoms with van der Waals surface area (Å²) in [6.45, 7) is 2.59. The molecule has 0 amide bonds. The van der Waals surface area contributed by atoms with Gasteiger partial charge in [0.15, 0.2) is 0 Å². The summed E-state index contributed by atoms with van der Waals surface area (Å²) < 4.78 is 0. The molecule has 2 aromatic heterocycles. The summed E-state index contributed by atoms with van der Waals surface area (Å²) in [4.78, 5) is 19.8. The quantitative estimate of drug-likeness (QED) is 0.868. The van der Waals surface area contributed by atoms with Crippen molar-refractivity contribution in [2.75, 3.05) is 5.32 Å². The van der Waals surface area contributed by atoms with E-state index in [0.717, 1.165) is 16.3 Å². The Balaban J connectivity index is 2.07. The maximum Gasteiger partial charge on any atom is 0.354 e. The highest BCUT2D eigenvalue weighted by molar-refractivity contribution is 7.09. The molecule has 0 radical (unpaired) electrons. The minimum absolute atomic E-state index is 0.0380. The number of aryl methyl sites for hydroxylation is 1. The molecule has 0 aliphatic heterocycles. The lowest BCUT2D eigenvalue weighted by atomic mass is 10.3. The number of rotatable bonds is 4. The van der Waals surface area contributed by atoms with Crippen LogP contribution < -0.4 is 5.32 Å². The van der Waals surface area contributed by atoms with Crippen molar-refractivity contribution in [3.05, 3.63) is 40.1 Å². The van der Waals surface area contributed by atoms with Crippen LogP contribution in [0.15, 0.2) is 23.8 Å². The van der Waals surface area contributed by atoms with E-state index in [-0.39, 0.29) is 5.69 Å². The molecule has 0 spiro atoms. The van der Waals surface area contributed by atoms with Gasteiger partial charge in [-0.15, -0.1) is 11.3 Å². The third-order valence-electron chi connectivity index (χ3n) is 2.28. The Morgan fingerprint density at radius 3 is 3.00 bits per heavy atom. The Kier molecular flexibility index (Phi) is 3.34. The van der Waals surface area contributed by atoms with Gasteiger partial charge in [0.1, 0.15) is 5.69 Å². The zero-order valence-electron chi connectivity index (χ0n) is 9.17. The number of thiazole rings is 1. The number of aromatic carboxylic acids is 1. The number of hydrogen-bond donors (Lipinski definition) is 2. The predicted molar refractivity (Wildman–Crippen MR) is 65.4 cm³/mol. The molecule has 0 saturated carbocycles. The molecule has 0 atom stereocenters. The third-order valence-corrected chi connectivity index (χ3v) is 3.21. The lowest BCUT2D eigenvalue weighted by Gasteiger charge is -2.05. The van der Waals surface area contributed by atoms with E-state index in [1.807, 2.05) is 6.92 Å². The predicted octanol–water partition coefficient (Wildman–Crippen LogP) is 2.16. The van der Waals surface area contributed by atoms with Crippen LogP contribution in [0.4, 0.5) is 5.69 Å². The molecule has 2 heterocycles. The van der Waals surface area contributed by atoms with Crippen LogP contribution >= 0.6 is 11.3 Å². The molecule has 0 bridgehead atoms. The lowest BCUT2D eigenvalue weighted by molar-refractivity contribution is 0.0690. The van der Waals surface area contributed by atoms with E-state index in [1.165, 1.54) is 12.3 Å². The molecule has 0 aliphatic rings. The van der Waals surface area contributed by atoms with Crippen molar-refractivity contribution in [1.29, 1.82) is 0 Å². The molecule has 0 fully saturated rings. The molecular formula is C11H11N3O2S. The SMILES string of the molecule is Cc1ncsc1CNc1ccnc(C(=O)O)c1. The van der Waals surface area contributed by atoms with E-state index >= 15 is 0 Å². The molecule has 88 valence electrons. The van der Waals surface area contributed by atoms with Gasteiger partial charge >= 0.3 is 5.97 Å². The summed E-state index contributed by atoms with van der Waals surface area (Å²) in [6, 6.07) is 3.25. The van der Waals surface area contributed by atoms with E-state index in [9.17, 15) is 4.79 Å². The van der Waals surface area contributed by atoms with Crippen molar-refractivity contribution in [2.45, 2.75) is 13.5 Å². The normalized spacial score (nSPS) is 10.2. The number of pyridine rings is 1. The summed E-state index contributed by atoms with van der Waals surface area (Å²) in [5.41, 5.74) is 3.57. The Morgan fingerprint density at radius 2 is 2.35 bits per heavy atom. The second-order valence-electron chi connectivity index (χ2n) is 3.45. The van der Waals surface area contributed by atoms with Crippen LogP contribution in [-0.4, -0.2) is 21.0 Å². The second-order valence-corrected chi connectivity index (χ2v) is 4.39. The van der Waals surface area contributed by atoms with E-state index in [4.69, 9.17) is 5.11 Å². The summed E-state index contributed by atoms with van der Waals surface area (Å²) in [6.07, 6.45) is 1.48. The van der Waals surface area contributed by atoms with Crippen molar-refractivity contribution in [1.82, 2.24) is 9.97 Å². The molecule has 17 heavy (non-hydrogen) atoms. The lowest BCUT2D eigenvalue weighted by Crippen LogP contribution is -2.03. The number of nitrogens with zero attached hydrogens (tertiary/aromatic N) is 2. The number of hydrogen-bond acceptors (Lipinski definition) is 5. The molecule has 5 nitrogen and oxygen atoms in total. The molecular weight excluding hydrogens is 238 g/mol. The highest BCUT2D eigenvalue weighted by atomic mass is 32.1. The summed E-state index contributed by atoms with van der Waals surface area (Å²) >= 11 is 1.57. The summed E-state index contributed by atoms with van der Waals surface area (Å²) in [7, 11) is 0. The Morgan fingerprint density at radius 1 is 1.53 bits per heavy atom. The van der Waals surface area contributed by atoms with Crippen LogP contribution in [0.1, 0.15) is 21.1 Å². The zero-order valence-corrected chi connectivity index (χ0v) is 9.99. The van der Waals surface area contributed by atoms with Gasteiger partial charge in [-0.05, 0) is 19.1 Å². The van der Waals surface area contributed by atoms with Gasteiger partial charge in [0.05, 0.1) is 17.7 Å². The molecule has 2 aromatic rings. The van der Waals surface area contributed by atoms with E-state index < -0.39 is 5.97 Å². The Hall–Kier alpha value is -1.95. The number of carboxylic acids is 1. The third kappa shape index (κ3) is 2.79.